The van der Waals surface area contributed by atoms with Gasteiger partial charge < -0.3 is 5.32 Å². The molecule has 1 fully saturated rings. The van der Waals surface area contributed by atoms with E-state index in [2.05, 4.69) is 5.32 Å². The Labute approximate surface area is 110 Å². The number of carbonyl (C=O) groups is 1. The van der Waals surface area contributed by atoms with E-state index >= 15 is 0 Å². The third kappa shape index (κ3) is 3.59. The first-order valence-electron chi connectivity index (χ1n) is 7.16. The summed E-state index contributed by atoms with van der Waals surface area (Å²) < 4.78 is 0. The van der Waals surface area contributed by atoms with Crippen LogP contribution in [-0.2, 0) is 0 Å². The predicted octanol–water partition coefficient (Wildman–Crippen LogP) is 4.27. The summed E-state index contributed by atoms with van der Waals surface area (Å²) in [5.74, 6) is 1.05. The van der Waals surface area contributed by atoms with Gasteiger partial charge in [-0.25, -0.2) is 0 Å². The Morgan fingerprint density at radius 3 is 2.44 bits per heavy atom. The number of anilines is 1. The summed E-state index contributed by atoms with van der Waals surface area (Å²) in [7, 11) is 0. The van der Waals surface area contributed by atoms with Crippen molar-refractivity contribution >= 4 is 11.5 Å². The molecule has 0 amide bonds. The number of ketones is 1. The van der Waals surface area contributed by atoms with Crippen molar-refractivity contribution < 1.29 is 4.79 Å². The van der Waals surface area contributed by atoms with Crippen LogP contribution in [0.3, 0.4) is 0 Å². The van der Waals surface area contributed by atoms with Crippen molar-refractivity contribution in [3.63, 3.8) is 0 Å². The number of benzene rings is 1. The minimum absolute atomic E-state index is 0.217. The zero-order chi connectivity index (χ0) is 12.8. The van der Waals surface area contributed by atoms with Gasteiger partial charge in [0.2, 0.25) is 0 Å². The highest BCUT2D eigenvalue weighted by molar-refractivity contribution is 5.96. The van der Waals surface area contributed by atoms with Gasteiger partial charge in [0.05, 0.1) is 0 Å². The number of hydrogen-bond donors (Lipinski definition) is 1. The van der Waals surface area contributed by atoms with E-state index in [1.807, 2.05) is 31.2 Å². The van der Waals surface area contributed by atoms with Crippen molar-refractivity contribution in [3.8, 4) is 0 Å². The molecule has 0 atom stereocenters. The smallest absolute Gasteiger partial charge is 0.162 e. The summed E-state index contributed by atoms with van der Waals surface area (Å²) >= 11 is 0. The van der Waals surface area contributed by atoms with Crippen molar-refractivity contribution in [2.75, 3.05) is 11.9 Å². The molecule has 1 aliphatic rings. The minimum Gasteiger partial charge on any atom is -0.385 e. The van der Waals surface area contributed by atoms with E-state index in [1.54, 1.807) is 0 Å². The summed E-state index contributed by atoms with van der Waals surface area (Å²) in [6.45, 7) is 2.97. The Balaban J connectivity index is 1.84. The summed E-state index contributed by atoms with van der Waals surface area (Å²) in [4.78, 5) is 11.5. The molecule has 1 aromatic rings. The highest BCUT2D eigenvalue weighted by Crippen LogP contribution is 2.24. The van der Waals surface area contributed by atoms with E-state index < -0.39 is 0 Å². The van der Waals surface area contributed by atoms with Gasteiger partial charge in [-0.1, -0.05) is 26.2 Å². The molecule has 1 aromatic carbocycles. The van der Waals surface area contributed by atoms with Crippen LogP contribution in [0.5, 0.6) is 0 Å². The normalized spacial score (nSPS) is 16.5. The first-order valence-corrected chi connectivity index (χ1v) is 7.16. The Morgan fingerprint density at radius 2 is 1.83 bits per heavy atom. The number of nitrogens with one attached hydrogen (secondary N) is 1. The zero-order valence-corrected chi connectivity index (χ0v) is 11.2. The fourth-order valence-electron chi connectivity index (χ4n) is 2.63. The topological polar surface area (TPSA) is 29.1 Å². The van der Waals surface area contributed by atoms with Gasteiger partial charge in [-0.05, 0) is 43.0 Å². The highest BCUT2D eigenvalue weighted by atomic mass is 16.1. The molecule has 0 heterocycles. The first-order chi connectivity index (χ1) is 8.79. The van der Waals surface area contributed by atoms with Crippen LogP contribution in [0.1, 0.15) is 55.8 Å². The van der Waals surface area contributed by atoms with Crippen molar-refractivity contribution in [2.24, 2.45) is 5.92 Å². The Morgan fingerprint density at radius 1 is 1.17 bits per heavy atom. The third-order valence-electron chi connectivity index (χ3n) is 3.85. The molecule has 1 aliphatic carbocycles. The van der Waals surface area contributed by atoms with Gasteiger partial charge in [0.15, 0.2) is 5.78 Å². The quantitative estimate of drug-likeness (QED) is 0.785. The Kier molecular flexibility index (Phi) is 4.80. The molecule has 0 aromatic heterocycles. The molecule has 2 heteroatoms. The summed E-state index contributed by atoms with van der Waals surface area (Å²) in [5.41, 5.74) is 1.95. The third-order valence-corrected chi connectivity index (χ3v) is 3.85. The first kappa shape index (κ1) is 13.1. The standard InChI is InChI=1S/C16H23NO/c1-2-16(18)14-8-10-15(11-9-14)17-12-13-6-4-3-5-7-13/h8-11,13,17H,2-7,12H2,1H3. The van der Waals surface area contributed by atoms with Crippen molar-refractivity contribution in [3.05, 3.63) is 29.8 Å². The van der Waals surface area contributed by atoms with Crippen LogP contribution < -0.4 is 5.32 Å². The fraction of sp³-hybridized carbons (Fsp3) is 0.562. The average Bonchev–Trinajstić information content (AvgIpc) is 2.46. The van der Waals surface area contributed by atoms with Crippen LogP contribution in [0, 0.1) is 5.92 Å². The van der Waals surface area contributed by atoms with Gasteiger partial charge in [0.1, 0.15) is 0 Å². The number of carbonyl (C=O) groups excluding carboxylic acids is 1. The maximum Gasteiger partial charge on any atom is 0.162 e. The van der Waals surface area contributed by atoms with E-state index in [1.165, 1.54) is 32.1 Å². The van der Waals surface area contributed by atoms with Gasteiger partial charge in [0, 0.05) is 24.2 Å². The molecule has 18 heavy (non-hydrogen) atoms. The van der Waals surface area contributed by atoms with Crippen LogP contribution in [0.25, 0.3) is 0 Å². The van der Waals surface area contributed by atoms with E-state index in [0.29, 0.717) is 6.42 Å². The van der Waals surface area contributed by atoms with Gasteiger partial charge in [-0.2, -0.15) is 0 Å². The zero-order valence-electron chi connectivity index (χ0n) is 11.2. The molecule has 98 valence electrons. The summed E-state index contributed by atoms with van der Waals surface area (Å²) in [6.07, 6.45) is 7.48. The van der Waals surface area contributed by atoms with Gasteiger partial charge in [0.25, 0.3) is 0 Å². The van der Waals surface area contributed by atoms with Gasteiger partial charge in [-0.15, -0.1) is 0 Å². The fourth-order valence-corrected chi connectivity index (χ4v) is 2.63. The monoisotopic (exact) mass is 245 g/mol. The van der Waals surface area contributed by atoms with Crippen LogP contribution in [-0.4, -0.2) is 12.3 Å². The lowest BCUT2D eigenvalue weighted by molar-refractivity contribution is 0.0988. The predicted molar refractivity (Wildman–Crippen MR) is 76.1 cm³/mol. The summed E-state index contributed by atoms with van der Waals surface area (Å²) in [6, 6.07) is 7.89. The molecule has 1 N–H and O–H groups in total. The van der Waals surface area contributed by atoms with E-state index in [9.17, 15) is 4.79 Å². The SMILES string of the molecule is CCC(=O)c1ccc(NCC2CCCCC2)cc1. The lowest BCUT2D eigenvalue weighted by Crippen LogP contribution is -2.17. The second kappa shape index (κ2) is 6.58. The molecular weight excluding hydrogens is 222 g/mol. The number of rotatable bonds is 5. The Hall–Kier alpha value is -1.31. The van der Waals surface area contributed by atoms with Crippen molar-refractivity contribution in [1.82, 2.24) is 0 Å². The molecule has 0 aliphatic heterocycles. The van der Waals surface area contributed by atoms with Crippen LogP contribution >= 0.6 is 0 Å². The molecule has 2 rings (SSSR count). The molecule has 0 bridgehead atoms. The lowest BCUT2D eigenvalue weighted by Gasteiger charge is -2.22. The van der Waals surface area contributed by atoms with Crippen LogP contribution in [0.15, 0.2) is 24.3 Å². The maximum absolute atomic E-state index is 11.5. The second-order valence-electron chi connectivity index (χ2n) is 5.24. The molecule has 2 nitrogen and oxygen atoms in total. The van der Waals surface area contributed by atoms with E-state index in [0.717, 1.165) is 23.7 Å². The number of Topliss-reactive ketones (excluding diaryl/α,β-unsaturated/α-hetero) is 1. The number of hydrogen-bond acceptors (Lipinski definition) is 2. The second-order valence-corrected chi connectivity index (χ2v) is 5.24. The van der Waals surface area contributed by atoms with Crippen molar-refractivity contribution in [2.45, 2.75) is 45.4 Å². The molecule has 0 saturated heterocycles. The van der Waals surface area contributed by atoms with Crippen molar-refractivity contribution in [1.29, 1.82) is 0 Å². The van der Waals surface area contributed by atoms with E-state index in [4.69, 9.17) is 0 Å². The largest absolute Gasteiger partial charge is 0.385 e. The van der Waals surface area contributed by atoms with Crippen LogP contribution in [0.2, 0.25) is 0 Å². The van der Waals surface area contributed by atoms with Crippen LogP contribution in [0.4, 0.5) is 5.69 Å². The molecule has 1 saturated carbocycles. The van der Waals surface area contributed by atoms with E-state index in [-0.39, 0.29) is 5.78 Å². The maximum atomic E-state index is 11.5. The molecule has 0 spiro atoms. The highest BCUT2D eigenvalue weighted by Gasteiger charge is 2.12. The summed E-state index contributed by atoms with van der Waals surface area (Å²) in [5, 5.41) is 3.49. The average molecular weight is 245 g/mol. The molecule has 0 unspecified atom stereocenters. The lowest BCUT2D eigenvalue weighted by atomic mass is 9.89. The van der Waals surface area contributed by atoms with Gasteiger partial charge >= 0.3 is 0 Å². The minimum atomic E-state index is 0.217. The molecular formula is C16H23NO. The Bertz CT molecular complexity index is 377. The van der Waals surface area contributed by atoms with Gasteiger partial charge in [-0.3, -0.25) is 4.79 Å². The molecule has 0 radical (unpaired) electrons.